The van der Waals surface area contributed by atoms with Crippen LogP contribution >= 0.6 is 0 Å². The molecule has 2 aromatic rings. The summed E-state index contributed by atoms with van der Waals surface area (Å²) >= 11 is 0. The molecule has 2 rings (SSSR count). The zero-order chi connectivity index (χ0) is 15.2. The lowest BCUT2D eigenvalue weighted by atomic mass is 10.2. The Balaban J connectivity index is 1.78. The van der Waals surface area contributed by atoms with Crippen LogP contribution in [0.2, 0.25) is 0 Å². The van der Waals surface area contributed by atoms with Crippen LogP contribution in [-0.4, -0.2) is 16.2 Å². The molecule has 0 aliphatic carbocycles. The van der Waals surface area contributed by atoms with Gasteiger partial charge in [0.2, 0.25) is 0 Å². The molecule has 0 atom stereocenters. The lowest BCUT2D eigenvalue weighted by Gasteiger charge is -2.03. The number of benzene rings is 1. The highest BCUT2D eigenvalue weighted by atomic mass is 16.6. The molecule has 1 N–H and O–H groups in total. The average molecular weight is 294 g/mol. The van der Waals surface area contributed by atoms with Crippen molar-refractivity contribution >= 4 is 11.7 Å². The Morgan fingerprint density at radius 2 is 2.10 bits per heavy atom. The van der Waals surface area contributed by atoms with E-state index in [2.05, 4.69) is 9.79 Å². The Morgan fingerprint density at radius 3 is 2.67 bits per heavy atom. The highest BCUT2D eigenvalue weighted by Gasteiger charge is 2.11. The third-order valence-corrected chi connectivity index (χ3v) is 2.63. The fourth-order valence-electron chi connectivity index (χ4n) is 1.56. The Hall–Kier alpha value is -2.97. The predicted molar refractivity (Wildman–Crippen MR) is 67.0 cm³/mol. The second-order valence-electron chi connectivity index (χ2n) is 4.17. The molecule has 0 fully saturated rings. The maximum atomic E-state index is 11.5. The number of aromatic amines is 1. The minimum Gasteiger partial charge on any atom is -0.461 e. The molecule has 0 unspecified atom stereocenters. The van der Waals surface area contributed by atoms with Crippen molar-refractivity contribution < 1.29 is 23.7 Å². The van der Waals surface area contributed by atoms with Gasteiger partial charge in [-0.25, -0.2) is 4.79 Å². The number of hydrogen-bond acceptors (Lipinski definition) is 6. The van der Waals surface area contributed by atoms with Gasteiger partial charge in [-0.3, -0.25) is 19.4 Å². The molecule has 0 amide bonds. The van der Waals surface area contributed by atoms with Crippen LogP contribution in [0.4, 0.5) is 5.69 Å². The van der Waals surface area contributed by atoms with E-state index < -0.39 is 16.5 Å². The van der Waals surface area contributed by atoms with E-state index in [0.717, 1.165) is 0 Å². The molecule has 9 nitrogen and oxygen atoms in total. The molecule has 0 spiro atoms. The summed E-state index contributed by atoms with van der Waals surface area (Å²) in [6, 6.07) is 5.73. The van der Waals surface area contributed by atoms with E-state index in [0.29, 0.717) is 5.56 Å². The molecule has 1 aromatic heterocycles. The lowest BCUT2D eigenvalue weighted by Crippen LogP contribution is -2.36. The maximum absolute atomic E-state index is 11.5. The molecule has 1 heterocycles. The third kappa shape index (κ3) is 4.27. The minimum atomic E-state index is -0.533. The number of nitro groups is 1. The Kier molecular flexibility index (Phi) is 4.44. The van der Waals surface area contributed by atoms with E-state index in [1.54, 1.807) is 0 Å². The third-order valence-electron chi connectivity index (χ3n) is 2.63. The van der Waals surface area contributed by atoms with E-state index in [4.69, 9.17) is 4.74 Å². The minimum absolute atomic E-state index is 0.0228. The zero-order valence-corrected chi connectivity index (χ0v) is 10.9. The number of nitrogens with zero attached hydrogens (tertiary/aromatic N) is 2. The number of rotatable bonds is 6. The highest BCUT2D eigenvalue weighted by molar-refractivity contribution is 5.69. The van der Waals surface area contributed by atoms with Gasteiger partial charge in [0.25, 0.3) is 11.9 Å². The largest absolute Gasteiger partial charge is 0.461 e. The number of aryl methyl sites for hydroxylation is 1. The van der Waals surface area contributed by atoms with E-state index in [1.165, 1.54) is 35.1 Å². The Morgan fingerprint density at radius 1 is 1.38 bits per heavy atom. The molecule has 0 saturated heterocycles. The fourth-order valence-corrected chi connectivity index (χ4v) is 1.56. The predicted octanol–water partition coefficient (Wildman–Crippen LogP) is 0.297. The van der Waals surface area contributed by atoms with Crippen molar-refractivity contribution in [2.75, 3.05) is 0 Å². The van der Waals surface area contributed by atoms with Crippen LogP contribution in [0.15, 0.2) is 39.8 Å². The van der Waals surface area contributed by atoms with Crippen molar-refractivity contribution in [2.45, 2.75) is 19.6 Å². The monoisotopic (exact) mass is 294 g/mol. The van der Waals surface area contributed by atoms with Crippen LogP contribution in [-0.2, 0) is 22.7 Å². The summed E-state index contributed by atoms with van der Waals surface area (Å²) in [5.74, 6) is -0.456. The summed E-state index contributed by atoms with van der Waals surface area (Å²) in [4.78, 5) is 32.2. The zero-order valence-electron chi connectivity index (χ0n) is 10.9. The fraction of sp³-hybridized carbons (Fsp3) is 0.250. The van der Waals surface area contributed by atoms with Crippen LogP contribution < -0.4 is 10.3 Å². The number of esters is 1. The summed E-state index contributed by atoms with van der Waals surface area (Å²) in [6.45, 7) is 0.258. The van der Waals surface area contributed by atoms with Gasteiger partial charge in [-0.1, -0.05) is 4.68 Å². The topological polar surface area (TPSA) is 119 Å². The van der Waals surface area contributed by atoms with Crippen molar-refractivity contribution in [1.29, 1.82) is 0 Å². The van der Waals surface area contributed by atoms with Crippen LogP contribution in [0, 0.1) is 10.1 Å². The van der Waals surface area contributed by atoms with Gasteiger partial charge in [-0.15, -0.1) is 0 Å². The average Bonchev–Trinajstić information content (AvgIpc) is 2.89. The van der Waals surface area contributed by atoms with Gasteiger partial charge in [0.1, 0.15) is 13.0 Å². The number of nitrogens with one attached hydrogen (secondary N) is 1. The number of non-ortho nitro benzene ring substituents is 1. The van der Waals surface area contributed by atoms with Gasteiger partial charge in [-0.2, -0.15) is 0 Å². The molecular weight excluding hydrogens is 282 g/mol. The van der Waals surface area contributed by atoms with Gasteiger partial charge in [0, 0.05) is 12.1 Å². The summed E-state index contributed by atoms with van der Waals surface area (Å²) < 4.78 is 10.8. The molecule has 0 aliphatic heterocycles. The second kappa shape index (κ2) is 6.46. The van der Waals surface area contributed by atoms with Gasteiger partial charge < -0.3 is 4.74 Å². The van der Waals surface area contributed by atoms with Crippen molar-refractivity contribution in [3.05, 3.63) is 56.6 Å². The number of aromatic nitrogens is 2. The summed E-state index contributed by atoms with van der Waals surface area (Å²) in [6.07, 6.45) is 1.25. The SMILES string of the molecule is O=C(CC[n+]1cc(=O)o[nH]1)OCc1ccc([N+](=O)[O-])cc1. The van der Waals surface area contributed by atoms with Crippen molar-refractivity contribution in [1.82, 2.24) is 5.27 Å². The van der Waals surface area contributed by atoms with Crippen LogP contribution in [0.1, 0.15) is 12.0 Å². The molecular formula is C12H12N3O6+. The Labute approximate surface area is 117 Å². The van der Waals surface area contributed by atoms with Gasteiger partial charge in [-0.05, 0) is 23.0 Å². The first-order chi connectivity index (χ1) is 10.0. The van der Waals surface area contributed by atoms with Crippen molar-refractivity contribution in [3.63, 3.8) is 0 Å². The van der Waals surface area contributed by atoms with Gasteiger partial charge >= 0.3 is 11.6 Å². The second-order valence-corrected chi connectivity index (χ2v) is 4.17. The number of ether oxygens (including phenoxy) is 1. The molecule has 110 valence electrons. The molecule has 0 saturated carbocycles. The van der Waals surface area contributed by atoms with E-state index in [-0.39, 0.29) is 25.3 Å². The molecule has 1 aromatic carbocycles. The number of carbonyl (C=O) groups is 1. The molecule has 9 heteroatoms. The highest BCUT2D eigenvalue weighted by Crippen LogP contribution is 2.12. The van der Waals surface area contributed by atoms with E-state index in [1.807, 2.05) is 0 Å². The quantitative estimate of drug-likeness (QED) is 0.354. The first-order valence-corrected chi connectivity index (χ1v) is 6.01. The van der Waals surface area contributed by atoms with E-state index in [9.17, 15) is 19.7 Å². The summed E-state index contributed by atoms with van der Waals surface area (Å²) in [7, 11) is 0. The van der Waals surface area contributed by atoms with Crippen LogP contribution in [0.3, 0.4) is 0 Å². The van der Waals surface area contributed by atoms with Crippen molar-refractivity contribution in [2.24, 2.45) is 0 Å². The summed E-state index contributed by atoms with van der Waals surface area (Å²) in [5.41, 5.74) is 0.0953. The molecule has 0 radical (unpaired) electrons. The number of carbonyl (C=O) groups excluding carboxylic acids is 1. The standard InChI is InChI=1S/C12H11N3O6/c16-11(5-6-14-7-12(17)21-13-14)20-8-9-1-3-10(4-2-9)15(18)19/h1-4,7H,5-6,8H2/p+1. The summed E-state index contributed by atoms with van der Waals surface area (Å²) in [5, 5.41) is 12.8. The van der Waals surface area contributed by atoms with E-state index >= 15 is 0 Å². The molecule has 21 heavy (non-hydrogen) atoms. The maximum Gasteiger partial charge on any atom is 0.426 e. The first kappa shape index (κ1) is 14.4. The number of H-pyrrole nitrogens is 1. The van der Waals surface area contributed by atoms with Crippen LogP contribution in [0.5, 0.6) is 0 Å². The van der Waals surface area contributed by atoms with Gasteiger partial charge in [0.05, 0.1) is 4.92 Å². The van der Waals surface area contributed by atoms with Gasteiger partial charge in [0.15, 0.2) is 6.54 Å². The normalized spacial score (nSPS) is 10.3. The molecule has 0 aliphatic rings. The van der Waals surface area contributed by atoms with Crippen LogP contribution in [0.25, 0.3) is 0 Å². The first-order valence-electron chi connectivity index (χ1n) is 6.01. The Bertz CT molecular complexity index is 688. The van der Waals surface area contributed by atoms with Crippen molar-refractivity contribution in [3.8, 4) is 0 Å². The number of hydrogen-bond donors (Lipinski definition) is 1. The molecule has 0 bridgehead atoms. The lowest BCUT2D eigenvalue weighted by molar-refractivity contribution is -0.761. The smallest absolute Gasteiger partial charge is 0.426 e. The number of nitro benzene ring substituents is 1.